The molecule has 4 nitrogen and oxygen atoms in total. The first-order valence-corrected chi connectivity index (χ1v) is 7.95. The van der Waals surface area contributed by atoms with Crippen molar-refractivity contribution in [3.63, 3.8) is 0 Å². The van der Waals surface area contributed by atoms with Crippen LogP contribution in [0.1, 0.15) is 23.2 Å². The molecule has 1 fully saturated rings. The van der Waals surface area contributed by atoms with Gasteiger partial charge in [0.05, 0.1) is 0 Å². The number of anilines is 1. The Labute approximate surface area is 138 Å². The summed E-state index contributed by atoms with van der Waals surface area (Å²) < 4.78 is 0. The van der Waals surface area contributed by atoms with Gasteiger partial charge in [-0.1, -0.05) is 37.5 Å². The van der Waals surface area contributed by atoms with Crippen molar-refractivity contribution in [2.24, 2.45) is 0 Å². The average molecular weight is 311 g/mol. The molecule has 0 aliphatic carbocycles. The second-order valence-electron chi connectivity index (χ2n) is 5.83. The van der Waals surface area contributed by atoms with Crippen molar-refractivity contribution in [1.29, 1.82) is 0 Å². The van der Waals surface area contributed by atoms with Crippen LogP contribution >= 0.6 is 0 Å². The van der Waals surface area contributed by atoms with Crippen LogP contribution in [-0.4, -0.2) is 36.5 Å². The number of likely N-dealkylation sites (tertiary alicyclic amines) is 1. The van der Waals surface area contributed by atoms with Gasteiger partial charge in [0.2, 0.25) is 0 Å². The lowest BCUT2D eigenvalue weighted by Crippen LogP contribution is -2.45. The third kappa shape index (κ3) is 5.11. The molecule has 1 amide bonds. The molecule has 0 radical (unpaired) electrons. The summed E-state index contributed by atoms with van der Waals surface area (Å²) in [5, 5.41) is 3.10. The molecule has 0 bridgehead atoms. The summed E-state index contributed by atoms with van der Waals surface area (Å²) in [6, 6.07) is 7.30. The maximum absolute atomic E-state index is 12.2. The minimum absolute atomic E-state index is 0.0471. The monoisotopic (exact) mass is 311 g/mol. The van der Waals surface area contributed by atoms with Crippen LogP contribution in [0, 0.1) is 0 Å². The molecule has 23 heavy (non-hydrogen) atoms. The Bertz CT molecular complexity index is 598. The van der Waals surface area contributed by atoms with Gasteiger partial charge in [-0.3, -0.25) is 9.69 Å². The van der Waals surface area contributed by atoms with E-state index in [1.54, 1.807) is 30.3 Å². The number of benzene rings is 1. The number of nitrogens with two attached hydrogens (primary N) is 1. The first-order valence-electron chi connectivity index (χ1n) is 7.95. The Morgan fingerprint density at radius 3 is 2.70 bits per heavy atom. The quantitative estimate of drug-likeness (QED) is 0.627. The van der Waals surface area contributed by atoms with E-state index in [9.17, 15) is 4.79 Å². The van der Waals surface area contributed by atoms with E-state index in [1.165, 1.54) is 5.57 Å². The highest BCUT2D eigenvalue weighted by Crippen LogP contribution is 2.14. The molecule has 1 heterocycles. The van der Waals surface area contributed by atoms with Crippen LogP contribution < -0.4 is 11.1 Å². The molecule has 1 aliphatic heterocycles. The number of nitrogen functional groups attached to an aromatic ring is 1. The van der Waals surface area contributed by atoms with Crippen molar-refractivity contribution in [1.82, 2.24) is 10.2 Å². The standard InChI is InChI=1S/C19H25N3O/c1-3-6-15(4-2)14-22-11-9-18(10-12-22)21-19(23)16-7-5-8-17(20)13-16/h3-8,13,18H,1-2,9-12,14,20H2,(H,21,23)/b15-6+. The summed E-state index contributed by atoms with van der Waals surface area (Å²) in [5.74, 6) is -0.0471. The lowest BCUT2D eigenvalue weighted by atomic mass is 10.0. The number of amides is 1. The molecule has 0 spiro atoms. The number of carbonyl (C=O) groups excluding carboxylic acids is 1. The first kappa shape index (κ1) is 17.0. The minimum atomic E-state index is -0.0471. The minimum Gasteiger partial charge on any atom is -0.399 e. The summed E-state index contributed by atoms with van der Waals surface area (Å²) in [7, 11) is 0. The van der Waals surface area contributed by atoms with Crippen molar-refractivity contribution in [2.45, 2.75) is 18.9 Å². The summed E-state index contributed by atoms with van der Waals surface area (Å²) in [6.07, 6.45) is 7.55. The van der Waals surface area contributed by atoms with Crippen LogP contribution in [0.2, 0.25) is 0 Å². The van der Waals surface area contributed by atoms with Crippen molar-refractivity contribution < 1.29 is 4.79 Å². The molecule has 0 saturated carbocycles. The summed E-state index contributed by atoms with van der Waals surface area (Å²) in [5.41, 5.74) is 8.12. The highest BCUT2D eigenvalue weighted by Gasteiger charge is 2.21. The molecule has 122 valence electrons. The maximum Gasteiger partial charge on any atom is 0.251 e. The van der Waals surface area contributed by atoms with Gasteiger partial charge in [-0.05, 0) is 36.6 Å². The van der Waals surface area contributed by atoms with Crippen LogP contribution in [-0.2, 0) is 0 Å². The SMILES string of the molecule is C=C/C=C(\C=C)CN1CCC(NC(=O)c2cccc(N)c2)CC1. The zero-order valence-corrected chi connectivity index (χ0v) is 13.5. The van der Waals surface area contributed by atoms with E-state index in [0.717, 1.165) is 32.5 Å². The number of rotatable bonds is 6. The predicted molar refractivity (Wildman–Crippen MR) is 96.3 cm³/mol. The Hall–Kier alpha value is -2.33. The third-order valence-electron chi connectivity index (χ3n) is 4.07. The van der Waals surface area contributed by atoms with E-state index in [4.69, 9.17) is 5.73 Å². The predicted octanol–water partition coefficient (Wildman–Crippen LogP) is 2.76. The van der Waals surface area contributed by atoms with Gasteiger partial charge in [0.1, 0.15) is 0 Å². The van der Waals surface area contributed by atoms with Gasteiger partial charge in [0.15, 0.2) is 0 Å². The van der Waals surface area contributed by atoms with Gasteiger partial charge in [-0.2, -0.15) is 0 Å². The van der Waals surface area contributed by atoms with Gasteiger partial charge in [0, 0.05) is 36.9 Å². The Balaban J connectivity index is 1.83. The molecule has 1 aliphatic rings. The van der Waals surface area contributed by atoms with Crippen LogP contribution in [0.3, 0.4) is 0 Å². The van der Waals surface area contributed by atoms with E-state index in [0.29, 0.717) is 11.3 Å². The Kier molecular flexibility index (Phi) is 6.18. The number of nitrogens with one attached hydrogen (secondary N) is 1. The number of hydrogen-bond acceptors (Lipinski definition) is 3. The first-order chi connectivity index (χ1) is 11.1. The lowest BCUT2D eigenvalue weighted by molar-refractivity contribution is 0.0913. The molecule has 0 atom stereocenters. The van der Waals surface area contributed by atoms with Gasteiger partial charge in [0.25, 0.3) is 5.91 Å². The normalized spacial score (nSPS) is 16.8. The van der Waals surface area contributed by atoms with Crippen LogP contribution in [0.4, 0.5) is 5.69 Å². The van der Waals surface area contributed by atoms with Gasteiger partial charge in [-0.15, -0.1) is 0 Å². The highest BCUT2D eigenvalue weighted by atomic mass is 16.1. The zero-order valence-electron chi connectivity index (χ0n) is 13.5. The van der Waals surface area contributed by atoms with Crippen molar-refractivity contribution in [2.75, 3.05) is 25.4 Å². The fourth-order valence-corrected chi connectivity index (χ4v) is 2.78. The smallest absolute Gasteiger partial charge is 0.251 e. The highest BCUT2D eigenvalue weighted by molar-refractivity contribution is 5.95. The van der Waals surface area contributed by atoms with Crippen molar-refractivity contribution >= 4 is 11.6 Å². The Morgan fingerprint density at radius 1 is 1.35 bits per heavy atom. The molecule has 0 unspecified atom stereocenters. The number of allylic oxidation sites excluding steroid dienone is 2. The zero-order chi connectivity index (χ0) is 16.7. The number of piperidine rings is 1. The fraction of sp³-hybridized carbons (Fsp3) is 0.316. The van der Waals surface area contributed by atoms with Crippen molar-refractivity contribution in [3.05, 3.63) is 66.8 Å². The molecule has 3 N–H and O–H groups in total. The van der Waals surface area contributed by atoms with E-state index in [-0.39, 0.29) is 11.9 Å². The Morgan fingerprint density at radius 2 is 2.09 bits per heavy atom. The average Bonchev–Trinajstić information content (AvgIpc) is 2.56. The molecule has 1 aromatic rings. The lowest BCUT2D eigenvalue weighted by Gasteiger charge is -2.32. The molecule has 0 aromatic heterocycles. The number of carbonyl (C=O) groups is 1. The number of nitrogens with zero attached hydrogens (tertiary/aromatic N) is 1. The molecular formula is C19H25N3O. The molecule has 1 saturated heterocycles. The van der Waals surface area contributed by atoms with Gasteiger partial charge < -0.3 is 11.1 Å². The largest absolute Gasteiger partial charge is 0.399 e. The van der Waals surface area contributed by atoms with Gasteiger partial charge >= 0.3 is 0 Å². The fourth-order valence-electron chi connectivity index (χ4n) is 2.78. The second-order valence-corrected chi connectivity index (χ2v) is 5.83. The number of hydrogen-bond donors (Lipinski definition) is 2. The van der Waals surface area contributed by atoms with Crippen LogP contribution in [0.15, 0.2) is 61.2 Å². The molecule has 4 heteroatoms. The van der Waals surface area contributed by atoms with Crippen LogP contribution in [0.25, 0.3) is 0 Å². The molecular weight excluding hydrogens is 286 g/mol. The van der Waals surface area contributed by atoms with E-state index >= 15 is 0 Å². The topological polar surface area (TPSA) is 58.4 Å². The maximum atomic E-state index is 12.2. The second kappa shape index (κ2) is 8.34. The molecule has 1 aromatic carbocycles. The third-order valence-corrected chi connectivity index (χ3v) is 4.07. The van der Waals surface area contributed by atoms with Crippen LogP contribution in [0.5, 0.6) is 0 Å². The van der Waals surface area contributed by atoms with Crippen molar-refractivity contribution in [3.8, 4) is 0 Å². The van der Waals surface area contributed by atoms with E-state index in [1.807, 2.05) is 12.2 Å². The van der Waals surface area contributed by atoms with Gasteiger partial charge in [-0.25, -0.2) is 0 Å². The van der Waals surface area contributed by atoms with E-state index < -0.39 is 0 Å². The summed E-state index contributed by atoms with van der Waals surface area (Å²) in [6.45, 7) is 10.4. The summed E-state index contributed by atoms with van der Waals surface area (Å²) in [4.78, 5) is 14.6. The summed E-state index contributed by atoms with van der Waals surface area (Å²) >= 11 is 0. The molecule has 2 rings (SSSR count). The van der Waals surface area contributed by atoms with E-state index in [2.05, 4.69) is 23.4 Å².